The number of aryl methyl sites for hydroxylation is 1. The van der Waals surface area contributed by atoms with Crippen molar-refractivity contribution in [1.29, 1.82) is 0 Å². The van der Waals surface area contributed by atoms with Gasteiger partial charge in [-0.2, -0.15) is 0 Å². The van der Waals surface area contributed by atoms with E-state index in [0.717, 1.165) is 16.8 Å². The summed E-state index contributed by atoms with van der Waals surface area (Å²) in [5.74, 6) is 1.43. The predicted octanol–water partition coefficient (Wildman–Crippen LogP) is 5.09. The Hall–Kier alpha value is -3.87. The van der Waals surface area contributed by atoms with E-state index < -0.39 is 5.82 Å². The van der Waals surface area contributed by atoms with Crippen molar-refractivity contribution >= 4 is 5.82 Å². The van der Waals surface area contributed by atoms with Gasteiger partial charge >= 0.3 is 0 Å². The van der Waals surface area contributed by atoms with Crippen molar-refractivity contribution in [3.8, 4) is 23.0 Å². The number of aromatic nitrogens is 4. The molecular formula is C23H20FN5O. The van der Waals surface area contributed by atoms with Gasteiger partial charge in [0.05, 0.1) is 6.20 Å². The van der Waals surface area contributed by atoms with Gasteiger partial charge in [0.25, 0.3) is 0 Å². The van der Waals surface area contributed by atoms with Gasteiger partial charge in [0.1, 0.15) is 17.3 Å². The summed E-state index contributed by atoms with van der Waals surface area (Å²) in [7, 11) is 0. The number of hydrogen-bond donors (Lipinski definition) is 1. The minimum absolute atomic E-state index is 0.151. The molecule has 0 aliphatic heterocycles. The van der Waals surface area contributed by atoms with Gasteiger partial charge in [0, 0.05) is 30.2 Å². The highest BCUT2D eigenvalue weighted by molar-refractivity contribution is 5.56. The molecule has 0 saturated carbocycles. The molecule has 0 amide bonds. The molecule has 0 fully saturated rings. The highest BCUT2D eigenvalue weighted by Gasteiger charge is 2.11. The predicted molar refractivity (Wildman–Crippen MR) is 113 cm³/mol. The number of pyridine rings is 2. The molecule has 3 aromatic heterocycles. The number of benzene rings is 1. The van der Waals surface area contributed by atoms with Crippen molar-refractivity contribution in [1.82, 2.24) is 19.9 Å². The zero-order valence-electron chi connectivity index (χ0n) is 16.6. The van der Waals surface area contributed by atoms with Crippen LogP contribution in [0.3, 0.4) is 0 Å². The maximum atomic E-state index is 14.5. The summed E-state index contributed by atoms with van der Waals surface area (Å²) in [5.41, 5.74) is 3.26. The molecule has 4 aromatic rings. The first-order chi connectivity index (χ1) is 14.6. The first kappa shape index (κ1) is 19.4. The molecule has 6 nitrogen and oxygen atoms in total. The van der Waals surface area contributed by atoms with E-state index in [-0.39, 0.29) is 5.75 Å². The Labute approximate surface area is 173 Å². The minimum atomic E-state index is -0.442. The van der Waals surface area contributed by atoms with Crippen LogP contribution in [0, 0.1) is 19.7 Å². The Morgan fingerprint density at radius 2 is 1.90 bits per heavy atom. The Morgan fingerprint density at radius 3 is 2.63 bits per heavy atom. The van der Waals surface area contributed by atoms with Crippen LogP contribution < -0.4 is 10.1 Å². The van der Waals surface area contributed by atoms with Gasteiger partial charge in [0.2, 0.25) is 0 Å². The fourth-order valence-electron chi connectivity index (χ4n) is 2.87. The van der Waals surface area contributed by atoms with Crippen molar-refractivity contribution in [3.05, 3.63) is 89.8 Å². The number of nitrogens with one attached hydrogen (secondary N) is 1. The standard InChI is InChI=1S/C23H20FN5O/c1-15-16(2)28-23(20-7-3-4-11-26-20)29-22(15)27-13-17-8-9-21(19(24)12-17)30-18-6-5-10-25-14-18/h3-12,14H,13H2,1-2H3,(H,27,28,29). The molecule has 0 atom stereocenters. The maximum absolute atomic E-state index is 14.5. The second-order valence-corrected chi connectivity index (χ2v) is 6.73. The van der Waals surface area contributed by atoms with Crippen LogP contribution in [0.1, 0.15) is 16.8 Å². The maximum Gasteiger partial charge on any atom is 0.180 e. The molecule has 30 heavy (non-hydrogen) atoms. The van der Waals surface area contributed by atoms with Gasteiger partial charge in [0.15, 0.2) is 17.4 Å². The molecule has 3 heterocycles. The first-order valence-electron chi connectivity index (χ1n) is 9.47. The second-order valence-electron chi connectivity index (χ2n) is 6.73. The number of hydrogen-bond acceptors (Lipinski definition) is 6. The quantitative estimate of drug-likeness (QED) is 0.485. The molecule has 150 valence electrons. The first-order valence-corrected chi connectivity index (χ1v) is 9.47. The Bertz CT molecular complexity index is 1150. The molecule has 0 saturated heterocycles. The van der Waals surface area contributed by atoms with Crippen LogP contribution in [0.25, 0.3) is 11.5 Å². The van der Waals surface area contributed by atoms with Gasteiger partial charge in [-0.15, -0.1) is 0 Å². The van der Waals surface area contributed by atoms with E-state index in [1.54, 1.807) is 30.6 Å². The molecule has 0 radical (unpaired) electrons. The molecule has 0 spiro atoms. The lowest BCUT2D eigenvalue weighted by Gasteiger charge is -2.13. The third-order valence-corrected chi connectivity index (χ3v) is 4.60. The molecule has 4 rings (SSSR count). The van der Waals surface area contributed by atoms with Gasteiger partial charge in [-0.1, -0.05) is 12.1 Å². The number of anilines is 1. The molecular weight excluding hydrogens is 381 g/mol. The molecule has 0 aliphatic carbocycles. The molecule has 7 heteroatoms. The Kier molecular flexibility index (Phi) is 5.61. The average molecular weight is 401 g/mol. The van der Waals surface area contributed by atoms with Crippen LogP contribution in [0.5, 0.6) is 11.5 Å². The van der Waals surface area contributed by atoms with Crippen LogP contribution in [0.15, 0.2) is 67.1 Å². The van der Waals surface area contributed by atoms with Crippen LogP contribution >= 0.6 is 0 Å². The Balaban J connectivity index is 1.51. The van der Waals surface area contributed by atoms with Crippen molar-refractivity contribution in [2.24, 2.45) is 0 Å². The highest BCUT2D eigenvalue weighted by Crippen LogP contribution is 2.25. The summed E-state index contributed by atoms with van der Waals surface area (Å²) in [6.45, 7) is 4.28. The average Bonchev–Trinajstić information content (AvgIpc) is 2.77. The van der Waals surface area contributed by atoms with Crippen molar-refractivity contribution < 1.29 is 9.13 Å². The number of rotatable bonds is 6. The summed E-state index contributed by atoms with van der Waals surface area (Å²) in [6.07, 6.45) is 4.88. The number of ether oxygens (including phenoxy) is 1. The minimum Gasteiger partial charge on any atom is -0.453 e. The highest BCUT2D eigenvalue weighted by atomic mass is 19.1. The van der Waals surface area contributed by atoms with E-state index in [0.29, 0.717) is 29.6 Å². The summed E-state index contributed by atoms with van der Waals surface area (Å²) < 4.78 is 20.0. The van der Waals surface area contributed by atoms with E-state index in [4.69, 9.17) is 4.74 Å². The van der Waals surface area contributed by atoms with Gasteiger partial charge in [-0.05, 0) is 55.8 Å². The molecule has 1 aromatic carbocycles. The largest absolute Gasteiger partial charge is 0.453 e. The molecule has 1 N–H and O–H groups in total. The van der Waals surface area contributed by atoms with Crippen molar-refractivity contribution in [3.63, 3.8) is 0 Å². The topological polar surface area (TPSA) is 72.8 Å². The zero-order valence-corrected chi connectivity index (χ0v) is 16.6. The number of nitrogens with zero attached hydrogens (tertiary/aromatic N) is 4. The van der Waals surface area contributed by atoms with E-state index in [1.165, 1.54) is 12.3 Å². The van der Waals surface area contributed by atoms with E-state index in [9.17, 15) is 4.39 Å². The monoisotopic (exact) mass is 401 g/mol. The fraction of sp³-hybridized carbons (Fsp3) is 0.130. The van der Waals surface area contributed by atoms with Crippen LogP contribution in [0.4, 0.5) is 10.2 Å². The van der Waals surface area contributed by atoms with Gasteiger partial charge in [-0.25, -0.2) is 14.4 Å². The van der Waals surface area contributed by atoms with Gasteiger partial charge in [-0.3, -0.25) is 9.97 Å². The van der Waals surface area contributed by atoms with E-state index in [2.05, 4.69) is 25.3 Å². The molecule has 0 bridgehead atoms. The van der Waals surface area contributed by atoms with Crippen molar-refractivity contribution in [2.75, 3.05) is 5.32 Å². The van der Waals surface area contributed by atoms with E-state index >= 15 is 0 Å². The lowest BCUT2D eigenvalue weighted by molar-refractivity contribution is 0.440. The lowest BCUT2D eigenvalue weighted by Crippen LogP contribution is -2.07. The summed E-state index contributed by atoms with van der Waals surface area (Å²) >= 11 is 0. The second kappa shape index (κ2) is 8.65. The van der Waals surface area contributed by atoms with E-state index in [1.807, 2.05) is 38.1 Å². The van der Waals surface area contributed by atoms with Gasteiger partial charge < -0.3 is 10.1 Å². The van der Waals surface area contributed by atoms with Crippen molar-refractivity contribution in [2.45, 2.75) is 20.4 Å². The normalized spacial score (nSPS) is 10.6. The summed E-state index contributed by atoms with van der Waals surface area (Å²) in [4.78, 5) is 17.4. The summed E-state index contributed by atoms with van der Waals surface area (Å²) in [6, 6.07) is 13.9. The van der Waals surface area contributed by atoms with Crippen LogP contribution in [0.2, 0.25) is 0 Å². The number of halogens is 1. The SMILES string of the molecule is Cc1nc(-c2ccccn2)nc(NCc2ccc(Oc3cccnc3)c(F)c2)c1C. The zero-order chi connectivity index (χ0) is 20.9. The third-order valence-electron chi connectivity index (χ3n) is 4.60. The molecule has 0 unspecified atom stereocenters. The van der Waals surface area contributed by atoms with Crippen LogP contribution in [-0.2, 0) is 6.54 Å². The third kappa shape index (κ3) is 4.41. The van der Waals surface area contributed by atoms with Crippen LogP contribution in [-0.4, -0.2) is 19.9 Å². The fourth-order valence-corrected chi connectivity index (χ4v) is 2.87. The Morgan fingerprint density at radius 1 is 1.00 bits per heavy atom. The summed E-state index contributed by atoms with van der Waals surface area (Å²) in [5, 5.41) is 3.28. The smallest absolute Gasteiger partial charge is 0.180 e. The molecule has 0 aliphatic rings. The lowest BCUT2D eigenvalue weighted by atomic mass is 10.2.